The Morgan fingerprint density at radius 2 is 1.91 bits per heavy atom. The van der Waals surface area contributed by atoms with Crippen LogP contribution in [0.5, 0.6) is 0 Å². The Labute approximate surface area is 131 Å². The Hall–Kier alpha value is -2.22. The second kappa shape index (κ2) is 7.17. The predicted octanol–water partition coefficient (Wildman–Crippen LogP) is 3.11. The topological polar surface area (TPSA) is 67.4 Å². The van der Waals surface area contributed by atoms with E-state index in [4.69, 9.17) is 5.26 Å². The number of aryl methyl sites for hydroxylation is 1. The van der Waals surface area contributed by atoms with E-state index in [0.717, 1.165) is 23.7 Å². The first-order chi connectivity index (χ1) is 10.8. The highest BCUT2D eigenvalue weighted by molar-refractivity contribution is 5.31. The summed E-state index contributed by atoms with van der Waals surface area (Å²) >= 11 is 0. The number of hydrogen-bond acceptors (Lipinski definition) is 4. The van der Waals surface area contributed by atoms with Crippen LogP contribution in [0.25, 0.3) is 0 Å². The zero-order chi connectivity index (χ0) is 15.2. The minimum atomic E-state index is 0.665. The standard InChI is InChI=1S/C17H21N5/c18-12-15-6-8-16(9-7-15)13-22-17(19-20-21-22)11-10-14-4-2-1-3-5-14/h6-9,14H,1-5,10-11,13H2. The summed E-state index contributed by atoms with van der Waals surface area (Å²) in [6.07, 6.45) is 9.00. The van der Waals surface area contributed by atoms with Gasteiger partial charge in [-0.25, -0.2) is 4.68 Å². The van der Waals surface area contributed by atoms with Gasteiger partial charge in [0.15, 0.2) is 5.82 Å². The number of rotatable bonds is 5. The number of aromatic nitrogens is 4. The zero-order valence-electron chi connectivity index (χ0n) is 12.8. The Balaban J connectivity index is 1.60. The van der Waals surface area contributed by atoms with Gasteiger partial charge in [0.05, 0.1) is 18.2 Å². The van der Waals surface area contributed by atoms with Crippen LogP contribution in [0.2, 0.25) is 0 Å². The quantitative estimate of drug-likeness (QED) is 0.850. The summed E-state index contributed by atoms with van der Waals surface area (Å²) in [5.41, 5.74) is 1.79. The van der Waals surface area contributed by atoms with Gasteiger partial charge in [0.25, 0.3) is 0 Å². The molecule has 0 unspecified atom stereocenters. The fourth-order valence-corrected chi connectivity index (χ4v) is 3.19. The lowest BCUT2D eigenvalue weighted by molar-refractivity contribution is 0.335. The van der Waals surface area contributed by atoms with Crippen molar-refractivity contribution in [2.24, 2.45) is 5.92 Å². The fraction of sp³-hybridized carbons (Fsp3) is 0.529. The van der Waals surface area contributed by atoms with Crippen molar-refractivity contribution in [3.05, 3.63) is 41.2 Å². The third-order valence-electron chi connectivity index (χ3n) is 4.52. The third kappa shape index (κ3) is 3.70. The molecular formula is C17H21N5. The van der Waals surface area contributed by atoms with E-state index in [1.54, 1.807) is 0 Å². The molecule has 0 bridgehead atoms. The molecule has 1 aliphatic rings. The molecule has 0 saturated heterocycles. The third-order valence-corrected chi connectivity index (χ3v) is 4.52. The molecule has 1 aromatic carbocycles. The molecule has 2 aromatic rings. The molecule has 1 heterocycles. The van der Waals surface area contributed by atoms with Crippen molar-refractivity contribution < 1.29 is 0 Å². The summed E-state index contributed by atoms with van der Waals surface area (Å²) in [6, 6.07) is 9.73. The molecule has 1 aliphatic carbocycles. The van der Waals surface area contributed by atoms with Gasteiger partial charge in [-0.15, -0.1) is 5.10 Å². The normalized spacial score (nSPS) is 15.6. The molecule has 114 valence electrons. The van der Waals surface area contributed by atoms with Crippen LogP contribution in [0.15, 0.2) is 24.3 Å². The van der Waals surface area contributed by atoms with Crippen LogP contribution in [-0.2, 0) is 13.0 Å². The van der Waals surface area contributed by atoms with E-state index in [2.05, 4.69) is 21.6 Å². The van der Waals surface area contributed by atoms with E-state index in [0.29, 0.717) is 12.1 Å². The van der Waals surface area contributed by atoms with E-state index < -0.39 is 0 Å². The summed E-state index contributed by atoms with van der Waals surface area (Å²) in [4.78, 5) is 0. The predicted molar refractivity (Wildman–Crippen MR) is 83.0 cm³/mol. The van der Waals surface area contributed by atoms with Crippen molar-refractivity contribution in [1.82, 2.24) is 20.2 Å². The Kier molecular flexibility index (Phi) is 4.79. The van der Waals surface area contributed by atoms with E-state index in [1.165, 1.54) is 38.5 Å². The highest BCUT2D eigenvalue weighted by Crippen LogP contribution is 2.27. The summed E-state index contributed by atoms with van der Waals surface area (Å²) in [5.74, 6) is 1.81. The van der Waals surface area contributed by atoms with Crippen molar-refractivity contribution in [3.63, 3.8) is 0 Å². The second-order valence-corrected chi connectivity index (χ2v) is 6.10. The van der Waals surface area contributed by atoms with Gasteiger partial charge in [-0.2, -0.15) is 5.26 Å². The second-order valence-electron chi connectivity index (χ2n) is 6.10. The molecule has 0 aliphatic heterocycles. The number of hydrogen-bond donors (Lipinski definition) is 0. The molecule has 5 nitrogen and oxygen atoms in total. The molecule has 5 heteroatoms. The molecule has 1 saturated carbocycles. The maximum Gasteiger partial charge on any atom is 0.151 e. The Bertz CT molecular complexity index is 632. The maximum absolute atomic E-state index is 8.84. The SMILES string of the molecule is N#Cc1ccc(Cn2nnnc2CCC2CCCCC2)cc1. The van der Waals surface area contributed by atoms with E-state index in [1.807, 2.05) is 28.9 Å². The van der Waals surface area contributed by atoms with Gasteiger partial charge in [0.2, 0.25) is 0 Å². The molecule has 0 spiro atoms. The van der Waals surface area contributed by atoms with Gasteiger partial charge < -0.3 is 0 Å². The van der Waals surface area contributed by atoms with Crippen LogP contribution in [0, 0.1) is 17.2 Å². The van der Waals surface area contributed by atoms with Gasteiger partial charge in [0.1, 0.15) is 0 Å². The molecule has 22 heavy (non-hydrogen) atoms. The average molecular weight is 295 g/mol. The number of nitrogens with zero attached hydrogens (tertiary/aromatic N) is 5. The van der Waals surface area contributed by atoms with Crippen LogP contribution < -0.4 is 0 Å². The van der Waals surface area contributed by atoms with Gasteiger partial charge in [-0.3, -0.25) is 0 Å². The van der Waals surface area contributed by atoms with Crippen molar-refractivity contribution in [3.8, 4) is 6.07 Å². The van der Waals surface area contributed by atoms with Gasteiger partial charge in [-0.1, -0.05) is 44.2 Å². The van der Waals surface area contributed by atoms with Crippen molar-refractivity contribution >= 4 is 0 Å². The molecule has 1 aromatic heterocycles. The van der Waals surface area contributed by atoms with Gasteiger partial charge in [0, 0.05) is 6.42 Å². The highest BCUT2D eigenvalue weighted by Gasteiger charge is 2.15. The fourth-order valence-electron chi connectivity index (χ4n) is 3.19. The minimum Gasteiger partial charge on any atom is -0.225 e. The largest absolute Gasteiger partial charge is 0.225 e. The van der Waals surface area contributed by atoms with Crippen LogP contribution in [0.4, 0.5) is 0 Å². The zero-order valence-corrected chi connectivity index (χ0v) is 12.8. The number of tetrazole rings is 1. The monoisotopic (exact) mass is 295 g/mol. The van der Waals surface area contributed by atoms with Gasteiger partial charge in [-0.05, 0) is 40.5 Å². The molecule has 3 rings (SSSR count). The molecule has 0 amide bonds. The Morgan fingerprint density at radius 1 is 1.14 bits per heavy atom. The van der Waals surface area contributed by atoms with Crippen molar-refractivity contribution in [1.29, 1.82) is 5.26 Å². The average Bonchev–Trinajstić information content (AvgIpc) is 3.02. The van der Waals surface area contributed by atoms with E-state index in [-0.39, 0.29) is 0 Å². The first-order valence-corrected chi connectivity index (χ1v) is 8.09. The summed E-state index contributed by atoms with van der Waals surface area (Å²) in [7, 11) is 0. The first kappa shape index (κ1) is 14.7. The van der Waals surface area contributed by atoms with Crippen LogP contribution >= 0.6 is 0 Å². The van der Waals surface area contributed by atoms with Gasteiger partial charge >= 0.3 is 0 Å². The first-order valence-electron chi connectivity index (χ1n) is 8.09. The van der Waals surface area contributed by atoms with Crippen molar-refractivity contribution in [2.75, 3.05) is 0 Å². The molecule has 0 N–H and O–H groups in total. The number of benzene rings is 1. The van der Waals surface area contributed by atoms with Crippen LogP contribution in [0.3, 0.4) is 0 Å². The lowest BCUT2D eigenvalue weighted by Gasteiger charge is -2.20. The lowest BCUT2D eigenvalue weighted by atomic mass is 9.86. The highest BCUT2D eigenvalue weighted by atomic mass is 15.5. The smallest absolute Gasteiger partial charge is 0.151 e. The molecule has 0 atom stereocenters. The number of nitriles is 1. The lowest BCUT2D eigenvalue weighted by Crippen LogP contribution is -2.11. The molecule has 1 fully saturated rings. The molecular weight excluding hydrogens is 274 g/mol. The van der Waals surface area contributed by atoms with Crippen molar-refractivity contribution in [2.45, 2.75) is 51.5 Å². The summed E-state index contributed by atoms with van der Waals surface area (Å²) < 4.78 is 1.88. The summed E-state index contributed by atoms with van der Waals surface area (Å²) in [6.45, 7) is 0.665. The van der Waals surface area contributed by atoms with Crippen LogP contribution in [0.1, 0.15) is 55.5 Å². The minimum absolute atomic E-state index is 0.665. The Morgan fingerprint density at radius 3 is 2.64 bits per heavy atom. The molecule has 0 radical (unpaired) electrons. The maximum atomic E-state index is 8.84. The van der Waals surface area contributed by atoms with E-state index in [9.17, 15) is 0 Å². The summed E-state index contributed by atoms with van der Waals surface area (Å²) in [5, 5.41) is 21.0. The van der Waals surface area contributed by atoms with Crippen LogP contribution in [-0.4, -0.2) is 20.2 Å². The van der Waals surface area contributed by atoms with E-state index >= 15 is 0 Å².